The molecule has 2 amide bonds. The van der Waals surface area contributed by atoms with Crippen molar-refractivity contribution in [1.82, 2.24) is 5.43 Å². The van der Waals surface area contributed by atoms with Gasteiger partial charge >= 0.3 is 5.97 Å². The normalized spacial score (nSPS) is 11.7. The van der Waals surface area contributed by atoms with Crippen molar-refractivity contribution in [2.24, 2.45) is 5.10 Å². The molecular weight excluding hydrogens is 526 g/mol. The van der Waals surface area contributed by atoms with Crippen LogP contribution in [0.4, 0.5) is 5.69 Å². The highest BCUT2D eigenvalue weighted by Gasteiger charge is 2.19. The lowest BCUT2D eigenvalue weighted by Crippen LogP contribution is -2.18. The number of hydrogen-bond donors (Lipinski definition) is 2. The quantitative estimate of drug-likeness (QED) is 0.137. The zero-order valence-corrected chi connectivity index (χ0v) is 22.2. The first kappa shape index (κ1) is 26.9. The molecular formula is C31H25N3O7. The van der Waals surface area contributed by atoms with Crippen molar-refractivity contribution < 1.29 is 33.3 Å². The van der Waals surface area contributed by atoms with Gasteiger partial charge in [0.2, 0.25) is 6.79 Å². The Balaban J connectivity index is 1.20. The van der Waals surface area contributed by atoms with Crippen LogP contribution in [0.1, 0.15) is 42.2 Å². The van der Waals surface area contributed by atoms with Crippen LogP contribution < -0.4 is 29.7 Å². The molecule has 0 fully saturated rings. The molecule has 1 heterocycles. The highest BCUT2D eigenvalue weighted by molar-refractivity contribution is 6.05. The van der Waals surface area contributed by atoms with Gasteiger partial charge in [0.05, 0.1) is 18.9 Å². The Kier molecular flexibility index (Phi) is 7.91. The van der Waals surface area contributed by atoms with E-state index in [1.807, 2.05) is 19.1 Å². The van der Waals surface area contributed by atoms with Crippen LogP contribution in [-0.2, 0) is 0 Å². The third-order valence-corrected chi connectivity index (χ3v) is 6.04. The van der Waals surface area contributed by atoms with Crippen LogP contribution in [0.25, 0.3) is 0 Å². The molecule has 0 bridgehead atoms. The molecule has 1 aliphatic rings. The molecule has 0 spiro atoms. The predicted molar refractivity (Wildman–Crippen MR) is 151 cm³/mol. The number of fused-ring (bicyclic) bond motifs is 1. The van der Waals surface area contributed by atoms with Crippen molar-refractivity contribution in [1.29, 1.82) is 0 Å². The van der Waals surface area contributed by atoms with E-state index in [9.17, 15) is 14.4 Å². The monoisotopic (exact) mass is 551 g/mol. The number of methoxy groups -OCH3 is 1. The number of rotatable bonds is 8. The summed E-state index contributed by atoms with van der Waals surface area (Å²) in [6.45, 7) is 2.01. The number of hydrogen-bond acceptors (Lipinski definition) is 8. The van der Waals surface area contributed by atoms with E-state index < -0.39 is 11.9 Å². The largest absolute Gasteiger partial charge is 0.493 e. The summed E-state index contributed by atoms with van der Waals surface area (Å²) in [6.07, 6.45) is 1.42. The molecule has 0 atom stereocenters. The molecule has 0 aromatic heterocycles. The van der Waals surface area contributed by atoms with Crippen molar-refractivity contribution in [3.63, 3.8) is 0 Å². The summed E-state index contributed by atoms with van der Waals surface area (Å²) in [7, 11) is 1.45. The molecule has 4 aromatic rings. The van der Waals surface area contributed by atoms with Gasteiger partial charge in [0.25, 0.3) is 11.8 Å². The average Bonchev–Trinajstić information content (AvgIpc) is 3.46. The van der Waals surface area contributed by atoms with Gasteiger partial charge in [-0.15, -0.1) is 0 Å². The number of amides is 2. The Morgan fingerprint density at radius 2 is 1.59 bits per heavy atom. The van der Waals surface area contributed by atoms with Gasteiger partial charge in [0, 0.05) is 16.8 Å². The molecule has 0 radical (unpaired) electrons. The van der Waals surface area contributed by atoms with Crippen LogP contribution >= 0.6 is 0 Å². The molecule has 2 N–H and O–H groups in total. The lowest BCUT2D eigenvalue weighted by atomic mass is 10.1. The van der Waals surface area contributed by atoms with Gasteiger partial charge in [-0.25, -0.2) is 10.2 Å². The SMILES string of the molecule is COc1cc(C=NNC(=O)c2cccc(NC(=O)c3cccc(C)c3)c2)ccc1OC(=O)c1ccc2c(c1)OCO2. The molecule has 10 nitrogen and oxygen atoms in total. The van der Waals surface area contributed by atoms with Gasteiger partial charge in [-0.05, 0) is 79.2 Å². The number of esters is 1. The van der Waals surface area contributed by atoms with Gasteiger partial charge in [-0.2, -0.15) is 5.10 Å². The summed E-state index contributed by atoms with van der Waals surface area (Å²) in [5, 5.41) is 6.81. The van der Waals surface area contributed by atoms with E-state index in [0.717, 1.165) is 5.56 Å². The second-order valence-corrected chi connectivity index (χ2v) is 8.97. The molecule has 41 heavy (non-hydrogen) atoms. The number of nitrogens with one attached hydrogen (secondary N) is 2. The van der Waals surface area contributed by atoms with Gasteiger partial charge in [-0.3, -0.25) is 9.59 Å². The topological polar surface area (TPSA) is 125 Å². The third kappa shape index (κ3) is 6.51. The number of nitrogens with zero attached hydrogens (tertiary/aromatic N) is 1. The molecule has 4 aromatic carbocycles. The Morgan fingerprint density at radius 1 is 0.805 bits per heavy atom. The van der Waals surface area contributed by atoms with E-state index in [-0.39, 0.29) is 18.4 Å². The Morgan fingerprint density at radius 3 is 2.39 bits per heavy atom. The van der Waals surface area contributed by atoms with Crippen molar-refractivity contribution in [3.8, 4) is 23.0 Å². The summed E-state index contributed by atoms with van der Waals surface area (Å²) in [6, 6.07) is 23.4. The fourth-order valence-electron chi connectivity index (χ4n) is 3.99. The number of carbonyl (C=O) groups excluding carboxylic acids is 3. The first-order chi connectivity index (χ1) is 19.9. The maximum Gasteiger partial charge on any atom is 0.343 e. The first-order valence-corrected chi connectivity index (χ1v) is 12.5. The van der Waals surface area contributed by atoms with E-state index in [2.05, 4.69) is 15.8 Å². The van der Waals surface area contributed by atoms with Crippen LogP contribution in [0.2, 0.25) is 0 Å². The highest BCUT2D eigenvalue weighted by Crippen LogP contribution is 2.34. The lowest BCUT2D eigenvalue weighted by Gasteiger charge is -2.10. The zero-order valence-electron chi connectivity index (χ0n) is 22.2. The van der Waals surface area contributed by atoms with Crippen molar-refractivity contribution in [3.05, 3.63) is 113 Å². The fraction of sp³-hybridized carbons (Fsp3) is 0.0968. The molecule has 206 valence electrons. The van der Waals surface area contributed by atoms with Crippen molar-refractivity contribution in [2.75, 3.05) is 19.2 Å². The molecule has 0 saturated carbocycles. The van der Waals surface area contributed by atoms with E-state index >= 15 is 0 Å². The van der Waals surface area contributed by atoms with Crippen LogP contribution in [-0.4, -0.2) is 37.9 Å². The predicted octanol–water partition coefficient (Wildman–Crippen LogP) is 4.97. The number of aryl methyl sites for hydroxylation is 1. The van der Waals surface area contributed by atoms with E-state index in [4.69, 9.17) is 18.9 Å². The van der Waals surface area contributed by atoms with Crippen LogP contribution in [0, 0.1) is 6.92 Å². The van der Waals surface area contributed by atoms with Gasteiger partial charge in [0.15, 0.2) is 23.0 Å². The maximum absolute atomic E-state index is 12.7. The minimum atomic E-state index is -0.590. The summed E-state index contributed by atoms with van der Waals surface area (Å²) in [4.78, 5) is 37.8. The third-order valence-electron chi connectivity index (χ3n) is 6.04. The lowest BCUT2D eigenvalue weighted by molar-refractivity contribution is 0.0728. The summed E-state index contributed by atoms with van der Waals surface area (Å²) < 4.78 is 21.4. The smallest absolute Gasteiger partial charge is 0.343 e. The van der Waals surface area contributed by atoms with Crippen molar-refractivity contribution in [2.45, 2.75) is 6.92 Å². The fourth-order valence-corrected chi connectivity index (χ4v) is 3.99. The average molecular weight is 552 g/mol. The maximum atomic E-state index is 12.7. The molecule has 0 unspecified atom stereocenters. The Hall–Kier alpha value is -5.64. The van der Waals surface area contributed by atoms with E-state index in [0.29, 0.717) is 45.2 Å². The van der Waals surface area contributed by atoms with Crippen LogP contribution in [0.3, 0.4) is 0 Å². The van der Waals surface area contributed by atoms with Gasteiger partial charge < -0.3 is 24.3 Å². The zero-order chi connectivity index (χ0) is 28.8. The number of hydrazone groups is 1. The molecule has 5 rings (SSSR count). The highest BCUT2D eigenvalue weighted by atomic mass is 16.7. The summed E-state index contributed by atoms with van der Waals surface area (Å²) in [5.74, 6) is 0.212. The van der Waals surface area contributed by atoms with Gasteiger partial charge in [0.1, 0.15) is 0 Å². The first-order valence-electron chi connectivity index (χ1n) is 12.5. The number of anilines is 1. The van der Waals surface area contributed by atoms with E-state index in [1.165, 1.54) is 13.3 Å². The van der Waals surface area contributed by atoms with Crippen LogP contribution in [0.5, 0.6) is 23.0 Å². The number of benzene rings is 4. The minimum absolute atomic E-state index is 0.101. The Labute approximate surface area is 235 Å². The van der Waals surface area contributed by atoms with Crippen molar-refractivity contribution >= 4 is 29.7 Å². The molecule has 10 heteroatoms. The van der Waals surface area contributed by atoms with Gasteiger partial charge in [-0.1, -0.05) is 23.8 Å². The number of ether oxygens (including phenoxy) is 4. The second-order valence-electron chi connectivity index (χ2n) is 8.97. The van der Waals surface area contributed by atoms with Crippen LogP contribution in [0.15, 0.2) is 90.0 Å². The van der Waals surface area contributed by atoms with E-state index in [1.54, 1.807) is 72.8 Å². The molecule has 0 aliphatic carbocycles. The molecule has 1 aliphatic heterocycles. The minimum Gasteiger partial charge on any atom is -0.493 e. The summed E-state index contributed by atoms with van der Waals surface area (Å²) in [5.41, 5.74) is 5.63. The second kappa shape index (κ2) is 12.0. The number of carbonyl (C=O) groups is 3. The molecule has 0 saturated heterocycles. The summed E-state index contributed by atoms with van der Waals surface area (Å²) >= 11 is 0. The standard InChI is InChI=1S/C31H25N3O7/c1-19-5-3-6-21(13-19)29(35)33-24-8-4-7-22(15-24)30(36)34-32-17-20-9-11-26(27(14-20)38-2)41-31(37)23-10-12-25-28(16-23)40-18-39-25/h3-17H,18H2,1-2H3,(H,33,35)(H,34,36). The Bertz CT molecular complexity index is 1670.